The molecule has 0 fully saturated rings. The van der Waals surface area contributed by atoms with Gasteiger partial charge in [0.15, 0.2) is 0 Å². The Labute approximate surface area is 120 Å². The Morgan fingerprint density at radius 1 is 1.58 bits per heavy atom. The lowest BCUT2D eigenvalue weighted by molar-refractivity contribution is -0.141. The van der Waals surface area contributed by atoms with Gasteiger partial charge in [0.25, 0.3) is 0 Å². The third-order valence-corrected chi connectivity index (χ3v) is 4.14. The molecule has 4 nitrogen and oxygen atoms in total. The van der Waals surface area contributed by atoms with E-state index < -0.39 is 12.0 Å². The molecule has 0 aromatic carbocycles. The van der Waals surface area contributed by atoms with Crippen molar-refractivity contribution in [2.24, 2.45) is 0 Å². The summed E-state index contributed by atoms with van der Waals surface area (Å²) in [6, 6.07) is 1.15. The van der Waals surface area contributed by atoms with E-state index in [9.17, 15) is 9.59 Å². The maximum Gasteiger partial charge on any atom is 0.326 e. The van der Waals surface area contributed by atoms with Gasteiger partial charge in [-0.1, -0.05) is 0 Å². The molecule has 1 aromatic rings. The third-order valence-electron chi connectivity index (χ3n) is 2.51. The van der Waals surface area contributed by atoms with Gasteiger partial charge < -0.3 is 10.4 Å². The topological polar surface area (TPSA) is 66.4 Å². The number of rotatable bonds is 7. The number of amides is 1. The number of nitrogens with one attached hydrogen (secondary N) is 1. The first-order valence-electron chi connectivity index (χ1n) is 5.79. The van der Waals surface area contributed by atoms with Gasteiger partial charge in [0.05, 0.1) is 0 Å². The van der Waals surface area contributed by atoms with Gasteiger partial charge >= 0.3 is 5.97 Å². The van der Waals surface area contributed by atoms with Crippen molar-refractivity contribution in [2.75, 3.05) is 12.0 Å². The minimum atomic E-state index is -0.997. The molecule has 0 saturated carbocycles. The van der Waals surface area contributed by atoms with Crippen LogP contribution in [0.4, 0.5) is 0 Å². The van der Waals surface area contributed by atoms with Crippen LogP contribution in [0, 0.1) is 6.92 Å². The summed E-state index contributed by atoms with van der Waals surface area (Å²) in [5.41, 5.74) is 1.10. The first-order chi connectivity index (χ1) is 9.04. The zero-order chi connectivity index (χ0) is 14.3. The number of thioether (sulfide) groups is 1. The van der Waals surface area contributed by atoms with Crippen LogP contribution in [-0.4, -0.2) is 35.0 Å². The van der Waals surface area contributed by atoms with E-state index in [1.54, 1.807) is 29.2 Å². The van der Waals surface area contributed by atoms with Crippen molar-refractivity contribution >= 4 is 41.1 Å². The summed E-state index contributed by atoms with van der Waals surface area (Å²) in [6.45, 7) is 1.96. The maximum atomic E-state index is 11.7. The van der Waals surface area contributed by atoms with E-state index in [1.165, 1.54) is 6.08 Å². The Morgan fingerprint density at radius 2 is 2.32 bits per heavy atom. The van der Waals surface area contributed by atoms with E-state index in [0.29, 0.717) is 12.2 Å². The number of aryl methyl sites for hydroxylation is 1. The van der Waals surface area contributed by atoms with Gasteiger partial charge in [-0.3, -0.25) is 4.79 Å². The molecule has 1 aromatic heterocycles. The molecule has 6 heteroatoms. The fraction of sp³-hybridized carbons (Fsp3) is 0.385. The molecule has 0 aliphatic heterocycles. The van der Waals surface area contributed by atoms with Crippen LogP contribution < -0.4 is 5.32 Å². The highest BCUT2D eigenvalue weighted by Gasteiger charge is 2.17. The van der Waals surface area contributed by atoms with Crippen LogP contribution in [-0.2, 0) is 9.59 Å². The van der Waals surface area contributed by atoms with E-state index in [2.05, 4.69) is 5.32 Å². The van der Waals surface area contributed by atoms with Gasteiger partial charge in [-0.25, -0.2) is 4.79 Å². The second-order valence-corrected chi connectivity index (χ2v) is 5.92. The van der Waals surface area contributed by atoms with Gasteiger partial charge in [0, 0.05) is 11.0 Å². The van der Waals surface area contributed by atoms with Crippen LogP contribution >= 0.6 is 23.1 Å². The third kappa shape index (κ3) is 5.48. The molecule has 0 saturated heterocycles. The second-order valence-electron chi connectivity index (χ2n) is 3.98. The smallest absolute Gasteiger partial charge is 0.326 e. The fourth-order valence-electron chi connectivity index (χ4n) is 1.42. The summed E-state index contributed by atoms with van der Waals surface area (Å²) >= 11 is 3.10. The predicted octanol–water partition coefficient (Wildman–Crippen LogP) is 2.39. The van der Waals surface area contributed by atoms with Crippen LogP contribution in [0.1, 0.15) is 16.9 Å². The van der Waals surface area contributed by atoms with Gasteiger partial charge in [-0.2, -0.15) is 11.8 Å². The zero-order valence-corrected chi connectivity index (χ0v) is 12.5. The van der Waals surface area contributed by atoms with Crippen LogP contribution in [0.5, 0.6) is 0 Å². The van der Waals surface area contributed by atoms with Crippen molar-refractivity contribution in [3.05, 3.63) is 28.0 Å². The quantitative estimate of drug-likeness (QED) is 0.759. The van der Waals surface area contributed by atoms with Crippen LogP contribution in [0.25, 0.3) is 6.08 Å². The molecule has 0 aliphatic rings. The van der Waals surface area contributed by atoms with E-state index in [-0.39, 0.29) is 5.91 Å². The van der Waals surface area contributed by atoms with Crippen molar-refractivity contribution in [3.8, 4) is 0 Å². The maximum absolute atomic E-state index is 11.7. The predicted molar refractivity (Wildman–Crippen MR) is 80.7 cm³/mol. The highest BCUT2D eigenvalue weighted by atomic mass is 32.2. The Morgan fingerprint density at radius 3 is 2.84 bits per heavy atom. The van der Waals surface area contributed by atoms with Crippen LogP contribution in [0.2, 0.25) is 0 Å². The van der Waals surface area contributed by atoms with Gasteiger partial charge in [0.1, 0.15) is 6.04 Å². The lowest BCUT2D eigenvalue weighted by Gasteiger charge is -2.12. The second kappa shape index (κ2) is 8.01. The van der Waals surface area contributed by atoms with E-state index in [4.69, 9.17) is 5.11 Å². The molecule has 104 valence electrons. The number of carbonyl (C=O) groups excluding carboxylic acids is 1. The van der Waals surface area contributed by atoms with Crippen molar-refractivity contribution in [1.82, 2.24) is 5.32 Å². The molecule has 1 atom stereocenters. The number of carboxylic acids is 1. The number of hydrogen-bond acceptors (Lipinski definition) is 4. The lowest BCUT2D eigenvalue weighted by Crippen LogP contribution is -2.40. The molecule has 0 radical (unpaired) electrons. The average Bonchev–Trinajstić information content (AvgIpc) is 2.77. The molecule has 0 aliphatic carbocycles. The van der Waals surface area contributed by atoms with Crippen LogP contribution in [0.15, 0.2) is 17.5 Å². The number of carboxylic acid groups (broad SMARTS) is 1. The molecule has 1 rings (SSSR count). The molecule has 19 heavy (non-hydrogen) atoms. The molecule has 0 bridgehead atoms. The Kier molecular flexibility index (Phi) is 6.66. The molecule has 1 amide bonds. The summed E-state index contributed by atoms with van der Waals surface area (Å²) in [5.74, 6) is -0.672. The monoisotopic (exact) mass is 299 g/mol. The molecular formula is C13H17NO3S2. The standard InChI is InChI=1S/C13H17NO3S2/c1-9-5-8-19-11(9)3-4-12(15)14-10(13(16)17)6-7-18-2/h3-5,8,10H,6-7H2,1-2H3,(H,14,15)(H,16,17)/b4-3+. The summed E-state index contributed by atoms with van der Waals surface area (Å²) in [4.78, 5) is 23.7. The van der Waals surface area contributed by atoms with Gasteiger partial charge in [-0.15, -0.1) is 11.3 Å². The normalized spacial score (nSPS) is 12.5. The number of aliphatic carboxylic acids is 1. The van der Waals surface area contributed by atoms with E-state index in [1.807, 2.05) is 24.6 Å². The van der Waals surface area contributed by atoms with Crippen LogP contribution in [0.3, 0.4) is 0 Å². The van der Waals surface area contributed by atoms with E-state index >= 15 is 0 Å². The Hall–Kier alpha value is -1.27. The number of thiophene rings is 1. The fourth-order valence-corrected chi connectivity index (χ4v) is 2.71. The van der Waals surface area contributed by atoms with Crippen molar-refractivity contribution in [2.45, 2.75) is 19.4 Å². The molecule has 0 spiro atoms. The number of hydrogen-bond donors (Lipinski definition) is 2. The minimum absolute atomic E-state index is 0.374. The zero-order valence-electron chi connectivity index (χ0n) is 10.9. The summed E-state index contributed by atoms with van der Waals surface area (Å²) in [6.07, 6.45) is 5.42. The molecule has 1 heterocycles. The van der Waals surface area contributed by atoms with Gasteiger partial charge in [-0.05, 0) is 48.4 Å². The molecule has 1 unspecified atom stereocenters. The largest absolute Gasteiger partial charge is 0.480 e. The number of carbonyl (C=O) groups is 2. The molecular weight excluding hydrogens is 282 g/mol. The highest BCUT2D eigenvalue weighted by molar-refractivity contribution is 7.98. The summed E-state index contributed by atoms with van der Waals surface area (Å²) < 4.78 is 0. The van der Waals surface area contributed by atoms with E-state index in [0.717, 1.165) is 10.4 Å². The average molecular weight is 299 g/mol. The highest BCUT2D eigenvalue weighted by Crippen LogP contribution is 2.16. The van der Waals surface area contributed by atoms with Crippen molar-refractivity contribution in [1.29, 1.82) is 0 Å². The first-order valence-corrected chi connectivity index (χ1v) is 8.06. The minimum Gasteiger partial charge on any atom is -0.480 e. The first kappa shape index (κ1) is 15.8. The molecule has 2 N–H and O–H groups in total. The van der Waals surface area contributed by atoms with Crippen molar-refractivity contribution in [3.63, 3.8) is 0 Å². The SMILES string of the molecule is CSCCC(NC(=O)/C=C/c1sccc1C)C(=O)O. The van der Waals surface area contributed by atoms with Gasteiger partial charge in [0.2, 0.25) is 5.91 Å². The van der Waals surface area contributed by atoms with Crippen molar-refractivity contribution < 1.29 is 14.7 Å². The Bertz CT molecular complexity index is 468. The summed E-state index contributed by atoms with van der Waals surface area (Å²) in [5, 5.41) is 13.4. The summed E-state index contributed by atoms with van der Waals surface area (Å²) in [7, 11) is 0. The Balaban J connectivity index is 2.55. The lowest BCUT2D eigenvalue weighted by atomic mass is 10.2.